The van der Waals surface area contributed by atoms with Crippen LogP contribution in [0.2, 0.25) is 0 Å². The maximum Gasteiger partial charge on any atom is 0.356 e. The number of ether oxygens (including phenoxy) is 2. The number of ketones is 1. The van der Waals surface area contributed by atoms with E-state index in [9.17, 15) is 14.4 Å². The lowest BCUT2D eigenvalue weighted by Gasteiger charge is -2.27. The zero-order chi connectivity index (χ0) is 16.8. The van der Waals surface area contributed by atoms with Crippen molar-refractivity contribution in [1.29, 1.82) is 0 Å². The number of hydrogen-bond acceptors (Lipinski definition) is 6. The zero-order valence-electron chi connectivity index (χ0n) is 12.8. The largest absolute Gasteiger partial charge is 0.466 e. The van der Waals surface area contributed by atoms with Crippen molar-refractivity contribution in [2.75, 3.05) is 14.2 Å². The Kier molecular flexibility index (Phi) is 6.21. The van der Waals surface area contributed by atoms with Gasteiger partial charge in [-0.3, -0.25) is 9.59 Å². The summed E-state index contributed by atoms with van der Waals surface area (Å²) in [5.41, 5.74) is 4.92. The minimum absolute atomic E-state index is 0.00656. The van der Waals surface area contributed by atoms with Crippen molar-refractivity contribution in [3.8, 4) is 0 Å². The van der Waals surface area contributed by atoms with Crippen LogP contribution in [-0.2, 0) is 30.3 Å². The highest BCUT2D eigenvalue weighted by atomic mass is 16.6. The quantitative estimate of drug-likeness (QED) is 0.409. The minimum Gasteiger partial charge on any atom is -0.466 e. The monoisotopic (exact) mass is 308 g/mol. The number of carbonyl (C=O) groups is 3. The van der Waals surface area contributed by atoms with Crippen LogP contribution in [0.4, 0.5) is 0 Å². The minimum atomic E-state index is -1.80. The number of nitrogens with two attached hydrogens (primary N) is 1. The van der Waals surface area contributed by atoms with E-state index in [4.69, 9.17) is 10.5 Å². The van der Waals surface area contributed by atoms with Gasteiger partial charge in [-0.1, -0.05) is 30.3 Å². The lowest BCUT2D eigenvalue weighted by Crippen LogP contribution is -2.63. The van der Waals surface area contributed by atoms with E-state index in [-0.39, 0.29) is 6.42 Å². The number of carbonyl (C=O) groups excluding carboxylic acids is 3. The predicted molar refractivity (Wildman–Crippen MR) is 78.7 cm³/mol. The maximum absolute atomic E-state index is 12.4. The molecular formula is C15H20N2O5. The highest BCUT2D eigenvalue weighted by Gasteiger charge is 2.41. The van der Waals surface area contributed by atoms with E-state index >= 15 is 0 Å². The van der Waals surface area contributed by atoms with Gasteiger partial charge in [0.05, 0.1) is 7.11 Å². The Morgan fingerprint density at radius 1 is 1.23 bits per heavy atom. The van der Waals surface area contributed by atoms with E-state index in [1.165, 1.54) is 14.0 Å². The average Bonchev–Trinajstić information content (AvgIpc) is 2.52. The fourth-order valence-electron chi connectivity index (χ4n) is 1.85. The molecule has 1 unspecified atom stereocenters. The zero-order valence-corrected chi connectivity index (χ0v) is 12.8. The van der Waals surface area contributed by atoms with Crippen LogP contribution in [0.3, 0.4) is 0 Å². The summed E-state index contributed by atoms with van der Waals surface area (Å²) in [5.74, 6) is -2.11. The summed E-state index contributed by atoms with van der Waals surface area (Å²) in [6.07, 6.45) is -1.32. The van der Waals surface area contributed by atoms with E-state index in [0.717, 1.165) is 12.7 Å². The molecule has 7 heteroatoms. The van der Waals surface area contributed by atoms with Crippen LogP contribution >= 0.6 is 0 Å². The second kappa shape index (κ2) is 7.67. The number of esters is 1. The molecule has 1 aromatic carbocycles. The third-order valence-electron chi connectivity index (χ3n) is 3.27. The molecular weight excluding hydrogens is 288 g/mol. The van der Waals surface area contributed by atoms with Crippen molar-refractivity contribution in [3.63, 3.8) is 0 Å². The van der Waals surface area contributed by atoms with Crippen molar-refractivity contribution in [2.45, 2.75) is 25.1 Å². The summed E-state index contributed by atoms with van der Waals surface area (Å²) in [5, 5.41) is 2.28. The van der Waals surface area contributed by atoms with Gasteiger partial charge >= 0.3 is 5.97 Å². The van der Waals surface area contributed by atoms with Gasteiger partial charge in [0.1, 0.15) is 0 Å². The third kappa shape index (κ3) is 4.12. The normalized spacial score (nSPS) is 14.5. The first-order valence-electron chi connectivity index (χ1n) is 6.60. The summed E-state index contributed by atoms with van der Waals surface area (Å²) >= 11 is 0. The van der Waals surface area contributed by atoms with Crippen molar-refractivity contribution in [3.05, 3.63) is 35.9 Å². The van der Waals surface area contributed by atoms with Crippen LogP contribution in [0.5, 0.6) is 0 Å². The van der Waals surface area contributed by atoms with Crippen LogP contribution in [0, 0.1) is 0 Å². The Labute approximate surface area is 128 Å². The van der Waals surface area contributed by atoms with E-state index in [1.807, 2.05) is 6.07 Å². The topological polar surface area (TPSA) is 108 Å². The highest BCUT2D eigenvalue weighted by molar-refractivity contribution is 6.10. The Morgan fingerprint density at radius 2 is 1.82 bits per heavy atom. The molecule has 0 aliphatic rings. The van der Waals surface area contributed by atoms with Crippen molar-refractivity contribution < 1.29 is 23.9 Å². The summed E-state index contributed by atoms with van der Waals surface area (Å²) < 4.78 is 9.32. The number of Topliss-reactive ketones (excluding diaryl/α,β-unsaturated/α-hetero) is 1. The predicted octanol–water partition coefficient (Wildman–Crippen LogP) is -0.223. The van der Waals surface area contributed by atoms with Gasteiger partial charge in [-0.15, -0.1) is 0 Å². The molecule has 0 saturated heterocycles. The van der Waals surface area contributed by atoms with Gasteiger partial charge in [0.15, 0.2) is 11.3 Å². The first-order valence-corrected chi connectivity index (χ1v) is 6.60. The van der Waals surface area contributed by atoms with Gasteiger partial charge in [0.2, 0.25) is 6.23 Å². The molecule has 0 aliphatic carbocycles. The smallest absolute Gasteiger partial charge is 0.356 e. The van der Waals surface area contributed by atoms with Crippen LogP contribution in [-0.4, -0.2) is 43.6 Å². The van der Waals surface area contributed by atoms with Crippen LogP contribution in [0.1, 0.15) is 12.5 Å². The Hall–Kier alpha value is -2.25. The molecule has 1 rings (SSSR count). The number of nitrogens with one attached hydrogen (secondary N) is 1. The first kappa shape index (κ1) is 17.8. The first-order chi connectivity index (χ1) is 10.3. The van der Waals surface area contributed by atoms with Gasteiger partial charge in [-0.2, -0.15) is 0 Å². The molecule has 1 aromatic rings. The lowest BCUT2D eigenvalue weighted by atomic mass is 9.87. The molecule has 0 heterocycles. The molecule has 22 heavy (non-hydrogen) atoms. The number of methoxy groups -OCH3 is 2. The molecule has 120 valence electrons. The van der Waals surface area contributed by atoms with E-state index in [1.54, 1.807) is 24.3 Å². The van der Waals surface area contributed by atoms with Crippen molar-refractivity contribution in [1.82, 2.24) is 5.32 Å². The standard InChI is InChI=1S/C15H20N2O5/c1-10(18)15(16,9-11-7-5-4-6-8-11)14(20)17-12(21-2)13(19)22-3/h4-8,12H,9,16H2,1-3H3,(H,17,20)/t12?,15-/m1/s1. The maximum atomic E-state index is 12.4. The van der Waals surface area contributed by atoms with Gasteiger partial charge in [-0.25, -0.2) is 4.79 Å². The highest BCUT2D eigenvalue weighted by Crippen LogP contribution is 2.13. The van der Waals surface area contributed by atoms with Crippen molar-refractivity contribution in [2.24, 2.45) is 5.73 Å². The molecule has 0 aliphatic heterocycles. The molecule has 3 N–H and O–H groups in total. The molecule has 0 radical (unpaired) electrons. The summed E-state index contributed by atoms with van der Waals surface area (Å²) in [6.45, 7) is 1.22. The Bertz CT molecular complexity index is 546. The number of amides is 1. The molecule has 0 aromatic heterocycles. The lowest BCUT2D eigenvalue weighted by molar-refractivity contribution is -0.158. The molecule has 0 fully saturated rings. The second-order valence-corrected chi connectivity index (χ2v) is 4.80. The fourth-order valence-corrected chi connectivity index (χ4v) is 1.85. The number of rotatable bonds is 7. The van der Waals surface area contributed by atoms with Crippen LogP contribution in [0.25, 0.3) is 0 Å². The number of hydrogen-bond donors (Lipinski definition) is 2. The van der Waals surface area contributed by atoms with Crippen LogP contribution in [0.15, 0.2) is 30.3 Å². The number of benzene rings is 1. The van der Waals surface area contributed by atoms with Gasteiger partial charge < -0.3 is 20.5 Å². The van der Waals surface area contributed by atoms with Gasteiger partial charge in [0.25, 0.3) is 5.91 Å². The molecule has 0 saturated carbocycles. The van der Waals surface area contributed by atoms with E-state index in [0.29, 0.717) is 0 Å². The fraction of sp³-hybridized carbons (Fsp3) is 0.400. The molecule has 7 nitrogen and oxygen atoms in total. The Balaban J connectivity index is 2.96. The Morgan fingerprint density at radius 3 is 2.27 bits per heavy atom. The third-order valence-corrected chi connectivity index (χ3v) is 3.27. The summed E-state index contributed by atoms with van der Waals surface area (Å²) in [6, 6.07) is 8.88. The van der Waals surface area contributed by atoms with Crippen LogP contribution < -0.4 is 11.1 Å². The van der Waals surface area contributed by atoms with Gasteiger partial charge in [-0.05, 0) is 12.5 Å². The molecule has 2 atom stereocenters. The second-order valence-electron chi connectivity index (χ2n) is 4.80. The molecule has 0 spiro atoms. The van der Waals surface area contributed by atoms with Gasteiger partial charge in [0, 0.05) is 13.5 Å². The molecule has 0 bridgehead atoms. The van der Waals surface area contributed by atoms with E-state index < -0.39 is 29.4 Å². The summed E-state index contributed by atoms with van der Waals surface area (Å²) in [7, 11) is 2.39. The SMILES string of the molecule is COC(=O)C(NC(=O)[C@@](N)(Cc1ccccc1)C(C)=O)OC. The summed E-state index contributed by atoms with van der Waals surface area (Å²) in [4.78, 5) is 35.7. The van der Waals surface area contributed by atoms with Crippen molar-refractivity contribution >= 4 is 17.7 Å². The molecule has 1 amide bonds. The average molecular weight is 308 g/mol. The van der Waals surface area contributed by atoms with E-state index in [2.05, 4.69) is 10.1 Å².